The molecule has 0 heterocycles. The molecule has 0 aliphatic heterocycles. The molecule has 2 fully saturated rings. The van der Waals surface area contributed by atoms with Crippen LogP contribution >= 0.6 is 0 Å². The molecule has 18 heavy (non-hydrogen) atoms. The van der Waals surface area contributed by atoms with Crippen LogP contribution in [0.5, 0.6) is 0 Å². The number of hydrogen-bond donors (Lipinski definition) is 1. The van der Waals surface area contributed by atoms with E-state index in [0.29, 0.717) is 11.2 Å². The number of sulfone groups is 1. The van der Waals surface area contributed by atoms with Gasteiger partial charge in [0.1, 0.15) is 9.84 Å². The van der Waals surface area contributed by atoms with Gasteiger partial charge in [0.2, 0.25) is 0 Å². The highest BCUT2D eigenvalue weighted by molar-refractivity contribution is 7.90. The van der Waals surface area contributed by atoms with Gasteiger partial charge in [-0.2, -0.15) is 0 Å². The van der Waals surface area contributed by atoms with Crippen LogP contribution in [-0.4, -0.2) is 33.5 Å². The van der Waals surface area contributed by atoms with E-state index in [1.54, 1.807) is 0 Å². The highest BCUT2D eigenvalue weighted by atomic mass is 32.2. The number of rotatable bonds is 8. The zero-order valence-corrected chi connectivity index (χ0v) is 12.6. The van der Waals surface area contributed by atoms with Gasteiger partial charge in [-0.15, -0.1) is 0 Å². The summed E-state index contributed by atoms with van der Waals surface area (Å²) in [6.45, 7) is 4.37. The van der Waals surface area contributed by atoms with E-state index in [4.69, 9.17) is 0 Å². The van der Waals surface area contributed by atoms with Gasteiger partial charge in [0, 0.05) is 18.6 Å². The fourth-order valence-corrected chi connectivity index (χ4v) is 4.35. The van der Waals surface area contributed by atoms with Crippen LogP contribution in [0.2, 0.25) is 0 Å². The van der Waals surface area contributed by atoms with E-state index in [1.165, 1.54) is 31.9 Å². The zero-order chi connectivity index (χ0) is 13.2. The highest BCUT2D eigenvalue weighted by Gasteiger charge is 2.52. The SMILES string of the molecule is CCCNCC1(CCCS(C)(=O)=O)CC2CC2C1. The minimum absolute atomic E-state index is 0.359. The third-order valence-corrected chi connectivity index (χ3v) is 5.64. The van der Waals surface area contributed by atoms with E-state index in [0.717, 1.165) is 37.8 Å². The largest absolute Gasteiger partial charge is 0.316 e. The van der Waals surface area contributed by atoms with Gasteiger partial charge >= 0.3 is 0 Å². The lowest BCUT2D eigenvalue weighted by atomic mass is 9.79. The molecular formula is C14H27NO2S. The monoisotopic (exact) mass is 273 g/mol. The molecule has 0 radical (unpaired) electrons. The summed E-state index contributed by atoms with van der Waals surface area (Å²) in [6.07, 6.45) is 8.54. The summed E-state index contributed by atoms with van der Waals surface area (Å²) in [4.78, 5) is 0. The van der Waals surface area contributed by atoms with Gasteiger partial charge in [0.05, 0.1) is 0 Å². The fraction of sp³-hybridized carbons (Fsp3) is 1.00. The third kappa shape index (κ3) is 3.95. The van der Waals surface area contributed by atoms with Crippen LogP contribution < -0.4 is 5.32 Å². The first kappa shape index (κ1) is 14.3. The molecule has 0 amide bonds. The number of fused-ring (bicyclic) bond motifs is 1. The van der Waals surface area contributed by atoms with Crippen molar-refractivity contribution < 1.29 is 8.42 Å². The van der Waals surface area contributed by atoms with Crippen molar-refractivity contribution in [2.24, 2.45) is 17.3 Å². The summed E-state index contributed by atoms with van der Waals surface area (Å²) in [6, 6.07) is 0. The minimum Gasteiger partial charge on any atom is -0.316 e. The molecule has 4 heteroatoms. The summed E-state index contributed by atoms with van der Waals surface area (Å²) < 4.78 is 22.5. The van der Waals surface area contributed by atoms with Crippen molar-refractivity contribution in [1.82, 2.24) is 5.32 Å². The third-order valence-electron chi connectivity index (χ3n) is 4.61. The molecule has 2 unspecified atom stereocenters. The maximum Gasteiger partial charge on any atom is 0.147 e. The molecular weight excluding hydrogens is 246 g/mol. The average Bonchev–Trinajstić information content (AvgIpc) is 2.86. The Morgan fingerprint density at radius 3 is 2.50 bits per heavy atom. The Morgan fingerprint density at radius 1 is 1.28 bits per heavy atom. The Balaban J connectivity index is 1.81. The summed E-state index contributed by atoms with van der Waals surface area (Å²) >= 11 is 0. The maximum atomic E-state index is 11.2. The van der Waals surface area contributed by atoms with E-state index in [-0.39, 0.29) is 0 Å². The molecule has 0 saturated heterocycles. The van der Waals surface area contributed by atoms with Crippen molar-refractivity contribution in [3.8, 4) is 0 Å². The average molecular weight is 273 g/mol. The van der Waals surface area contributed by atoms with Crippen LogP contribution in [0.25, 0.3) is 0 Å². The van der Waals surface area contributed by atoms with Crippen LogP contribution in [-0.2, 0) is 9.84 Å². The Morgan fingerprint density at radius 2 is 1.94 bits per heavy atom. The molecule has 2 aliphatic carbocycles. The van der Waals surface area contributed by atoms with Gasteiger partial charge in [-0.25, -0.2) is 8.42 Å². The van der Waals surface area contributed by atoms with E-state index in [1.807, 2.05) is 0 Å². The molecule has 0 aromatic carbocycles. The van der Waals surface area contributed by atoms with E-state index < -0.39 is 9.84 Å². The van der Waals surface area contributed by atoms with Crippen LogP contribution in [0.1, 0.15) is 45.4 Å². The van der Waals surface area contributed by atoms with Gasteiger partial charge in [-0.1, -0.05) is 6.92 Å². The molecule has 106 valence electrons. The molecule has 0 spiro atoms. The Bertz CT molecular complexity index is 367. The van der Waals surface area contributed by atoms with Crippen LogP contribution in [0.15, 0.2) is 0 Å². The molecule has 2 saturated carbocycles. The van der Waals surface area contributed by atoms with E-state index in [9.17, 15) is 8.42 Å². The molecule has 2 atom stereocenters. The normalized spacial score (nSPS) is 34.6. The summed E-state index contributed by atoms with van der Waals surface area (Å²) in [5, 5.41) is 3.56. The molecule has 2 aliphatic rings. The van der Waals surface area contributed by atoms with Gasteiger partial charge in [0.15, 0.2) is 0 Å². The quantitative estimate of drug-likeness (QED) is 0.690. The molecule has 1 N–H and O–H groups in total. The standard InChI is InChI=1S/C14H27NO2S/c1-3-6-15-11-14(5-4-7-18(2,16)17)9-12-8-13(12)10-14/h12-13,15H,3-11H2,1-2H3. The van der Waals surface area contributed by atoms with Crippen molar-refractivity contribution in [3.05, 3.63) is 0 Å². The smallest absolute Gasteiger partial charge is 0.147 e. The first-order valence-electron chi connectivity index (χ1n) is 7.33. The summed E-state index contributed by atoms with van der Waals surface area (Å²) in [5.41, 5.74) is 0.410. The Labute approximate surface area is 112 Å². The van der Waals surface area contributed by atoms with Crippen molar-refractivity contribution in [2.45, 2.75) is 45.4 Å². The lowest BCUT2D eigenvalue weighted by Gasteiger charge is -2.31. The maximum absolute atomic E-state index is 11.2. The van der Waals surface area contributed by atoms with Crippen molar-refractivity contribution in [1.29, 1.82) is 0 Å². The molecule has 0 aromatic rings. The Hall–Kier alpha value is -0.0900. The van der Waals surface area contributed by atoms with E-state index in [2.05, 4.69) is 12.2 Å². The van der Waals surface area contributed by atoms with Crippen molar-refractivity contribution >= 4 is 9.84 Å². The second kappa shape index (κ2) is 5.49. The van der Waals surface area contributed by atoms with Gasteiger partial charge < -0.3 is 5.32 Å². The topological polar surface area (TPSA) is 46.2 Å². The van der Waals surface area contributed by atoms with Gasteiger partial charge in [0.25, 0.3) is 0 Å². The first-order valence-corrected chi connectivity index (χ1v) is 9.39. The van der Waals surface area contributed by atoms with Gasteiger partial charge in [-0.05, 0) is 62.3 Å². The Kier molecular flexibility index (Phi) is 4.37. The number of nitrogens with one attached hydrogen (secondary N) is 1. The highest BCUT2D eigenvalue weighted by Crippen LogP contribution is 2.61. The lowest BCUT2D eigenvalue weighted by molar-refractivity contribution is 0.229. The first-order chi connectivity index (χ1) is 8.44. The van der Waals surface area contributed by atoms with Crippen molar-refractivity contribution in [3.63, 3.8) is 0 Å². The molecule has 2 rings (SSSR count). The van der Waals surface area contributed by atoms with Crippen LogP contribution in [0.3, 0.4) is 0 Å². The number of hydrogen-bond acceptors (Lipinski definition) is 3. The zero-order valence-electron chi connectivity index (χ0n) is 11.7. The lowest BCUT2D eigenvalue weighted by Crippen LogP contribution is -2.34. The summed E-state index contributed by atoms with van der Waals surface area (Å²) in [7, 11) is -2.79. The van der Waals surface area contributed by atoms with Crippen LogP contribution in [0, 0.1) is 17.3 Å². The molecule has 3 nitrogen and oxygen atoms in total. The van der Waals surface area contributed by atoms with E-state index >= 15 is 0 Å². The summed E-state index contributed by atoms with van der Waals surface area (Å²) in [5.74, 6) is 2.29. The second-order valence-electron chi connectivity index (χ2n) is 6.57. The van der Waals surface area contributed by atoms with Gasteiger partial charge in [-0.3, -0.25) is 0 Å². The van der Waals surface area contributed by atoms with Crippen molar-refractivity contribution in [2.75, 3.05) is 25.1 Å². The fourth-order valence-electron chi connectivity index (χ4n) is 3.68. The molecule has 0 aromatic heterocycles. The predicted molar refractivity (Wildman–Crippen MR) is 75.4 cm³/mol. The second-order valence-corrected chi connectivity index (χ2v) is 8.83. The minimum atomic E-state index is -2.79. The molecule has 0 bridgehead atoms. The predicted octanol–water partition coefficient (Wildman–Crippen LogP) is 2.23. The van der Waals surface area contributed by atoms with Crippen LogP contribution in [0.4, 0.5) is 0 Å².